The largest absolute Gasteiger partial charge is 0.306 e. The summed E-state index contributed by atoms with van der Waals surface area (Å²) < 4.78 is 3.52. The predicted octanol–water partition coefficient (Wildman–Crippen LogP) is 4.38. The van der Waals surface area contributed by atoms with Gasteiger partial charge in [-0.15, -0.1) is 12.4 Å². The van der Waals surface area contributed by atoms with Crippen LogP contribution in [0.1, 0.15) is 19.3 Å². The highest BCUT2D eigenvalue weighted by Crippen LogP contribution is 2.33. The predicted molar refractivity (Wildman–Crippen MR) is 130 cm³/mol. The van der Waals surface area contributed by atoms with Gasteiger partial charge in [0.25, 0.3) is 5.56 Å². The topological polar surface area (TPSA) is 55.4 Å². The maximum atomic E-state index is 12.6. The molecule has 0 amide bonds. The lowest BCUT2D eigenvalue weighted by atomic mass is 9.94. The maximum Gasteiger partial charge on any atom is 0.266 e. The zero-order chi connectivity index (χ0) is 21.2. The number of aromatic nitrogens is 4. The number of halogens is 1. The van der Waals surface area contributed by atoms with Crippen molar-refractivity contribution >= 4 is 17.9 Å². The molecule has 1 saturated heterocycles. The van der Waals surface area contributed by atoms with Crippen molar-refractivity contribution in [2.45, 2.75) is 25.8 Å². The van der Waals surface area contributed by atoms with Crippen LogP contribution in [-0.4, -0.2) is 44.4 Å². The summed E-state index contributed by atoms with van der Waals surface area (Å²) in [5.74, 6) is 0.658. The average Bonchev–Trinajstić information content (AvgIpc) is 3.20. The van der Waals surface area contributed by atoms with Gasteiger partial charge in [-0.25, -0.2) is 9.20 Å². The third-order valence-corrected chi connectivity index (χ3v) is 6.30. The molecule has 1 aliphatic rings. The van der Waals surface area contributed by atoms with Crippen LogP contribution in [0, 0.1) is 5.92 Å². The van der Waals surface area contributed by atoms with Crippen LogP contribution >= 0.6 is 12.4 Å². The SMILES string of the molecule is CN1CCC(CCn2nc(-c3c(-c4ccccc4)nn4ccccc34)ccc2=O)CC1.Cl. The lowest BCUT2D eigenvalue weighted by Crippen LogP contribution is -2.31. The van der Waals surface area contributed by atoms with Crippen LogP contribution in [0.25, 0.3) is 28.0 Å². The molecule has 1 fully saturated rings. The molecule has 0 saturated carbocycles. The highest BCUT2D eigenvalue weighted by Gasteiger charge is 2.19. The van der Waals surface area contributed by atoms with E-state index in [0.717, 1.165) is 47.5 Å². The van der Waals surface area contributed by atoms with Crippen molar-refractivity contribution in [3.8, 4) is 22.5 Å². The molecule has 0 bridgehead atoms. The molecule has 4 heterocycles. The molecule has 0 unspecified atom stereocenters. The van der Waals surface area contributed by atoms with E-state index in [-0.39, 0.29) is 18.0 Å². The number of likely N-dealkylation sites (tertiary alicyclic amines) is 1. The summed E-state index contributed by atoms with van der Waals surface area (Å²) in [4.78, 5) is 14.9. The van der Waals surface area contributed by atoms with Crippen LogP contribution in [0.3, 0.4) is 0 Å². The van der Waals surface area contributed by atoms with Crippen molar-refractivity contribution < 1.29 is 0 Å². The van der Waals surface area contributed by atoms with Crippen LogP contribution in [0.5, 0.6) is 0 Å². The van der Waals surface area contributed by atoms with Crippen LogP contribution in [0.15, 0.2) is 71.7 Å². The fourth-order valence-electron chi connectivity index (χ4n) is 4.45. The van der Waals surface area contributed by atoms with E-state index in [1.165, 1.54) is 12.8 Å². The molecule has 0 N–H and O–H groups in total. The van der Waals surface area contributed by atoms with Crippen molar-refractivity contribution in [1.82, 2.24) is 24.3 Å². The van der Waals surface area contributed by atoms with Gasteiger partial charge in [0.2, 0.25) is 0 Å². The van der Waals surface area contributed by atoms with Gasteiger partial charge in [-0.2, -0.15) is 10.2 Å². The molecule has 1 aromatic carbocycles. The number of benzene rings is 1. The van der Waals surface area contributed by atoms with Gasteiger partial charge in [-0.1, -0.05) is 36.4 Å². The molecule has 32 heavy (non-hydrogen) atoms. The maximum absolute atomic E-state index is 12.6. The van der Waals surface area contributed by atoms with Gasteiger partial charge in [0.15, 0.2) is 0 Å². The zero-order valence-electron chi connectivity index (χ0n) is 18.2. The minimum atomic E-state index is -0.0468. The summed E-state index contributed by atoms with van der Waals surface area (Å²) in [5.41, 5.74) is 4.58. The molecule has 7 heteroatoms. The fraction of sp³-hybridized carbons (Fsp3) is 0.320. The summed E-state index contributed by atoms with van der Waals surface area (Å²) in [6, 6.07) is 19.6. The normalized spacial score (nSPS) is 15.0. The fourth-order valence-corrected chi connectivity index (χ4v) is 4.45. The van der Waals surface area contributed by atoms with Crippen LogP contribution < -0.4 is 5.56 Å². The molecule has 0 radical (unpaired) electrons. The molecule has 6 nitrogen and oxygen atoms in total. The van der Waals surface area contributed by atoms with Crippen molar-refractivity contribution in [2.24, 2.45) is 5.92 Å². The number of fused-ring (bicyclic) bond motifs is 1. The van der Waals surface area contributed by atoms with Gasteiger partial charge in [0, 0.05) is 24.4 Å². The Morgan fingerprint density at radius 2 is 1.69 bits per heavy atom. The Hall–Kier alpha value is -2.96. The van der Waals surface area contributed by atoms with E-state index in [2.05, 4.69) is 24.1 Å². The minimum absolute atomic E-state index is 0. The quantitative estimate of drug-likeness (QED) is 0.453. The Labute approximate surface area is 193 Å². The smallest absolute Gasteiger partial charge is 0.266 e. The van der Waals surface area contributed by atoms with Crippen LogP contribution in [0.4, 0.5) is 0 Å². The lowest BCUT2D eigenvalue weighted by molar-refractivity contribution is 0.206. The van der Waals surface area contributed by atoms with Crippen molar-refractivity contribution in [3.63, 3.8) is 0 Å². The Bertz CT molecular complexity index is 1240. The molecule has 4 aromatic rings. The second kappa shape index (κ2) is 9.67. The van der Waals surface area contributed by atoms with E-state index >= 15 is 0 Å². The summed E-state index contributed by atoms with van der Waals surface area (Å²) >= 11 is 0. The summed E-state index contributed by atoms with van der Waals surface area (Å²) in [6.07, 6.45) is 5.32. The lowest BCUT2D eigenvalue weighted by Gasteiger charge is -2.28. The number of hydrogen-bond acceptors (Lipinski definition) is 4. The van der Waals surface area contributed by atoms with E-state index < -0.39 is 0 Å². The Balaban J connectivity index is 0.00000245. The molecule has 0 aliphatic carbocycles. The molecular formula is C25H28ClN5O. The zero-order valence-corrected chi connectivity index (χ0v) is 19.0. The number of pyridine rings is 1. The van der Waals surface area contributed by atoms with Crippen LogP contribution in [-0.2, 0) is 6.54 Å². The van der Waals surface area contributed by atoms with Gasteiger partial charge < -0.3 is 4.90 Å². The number of piperidine rings is 1. The summed E-state index contributed by atoms with van der Waals surface area (Å²) in [7, 11) is 2.17. The second-order valence-corrected chi connectivity index (χ2v) is 8.44. The Morgan fingerprint density at radius 3 is 2.47 bits per heavy atom. The van der Waals surface area contributed by atoms with Gasteiger partial charge in [-0.3, -0.25) is 4.79 Å². The minimum Gasteiger partial charge on any atom is -0.306 e. The molecule has 0 atom stereocenters. The third kappa shape index (κ3) is 4.47. The number of rotatable bonds is 5. The number of hydrogen-bond donors (Lipinski definition) is 0. The molecule has 1 aliphatic heterocycles. The third-order valence-electron chi connectivity index (χ3n) is 6.30. The number of aryl methyl sites for hydroxylation is 1. The van der Waals surface area contributed by atoms with Crippen molar-refractivity contribution in [2.75, 3.05) is 20.1 Å². The van der Waals surface area contributed by atoms with Gasteiger partial charge >= 0.3 is 0 Å². The highest BCUT2D eigenvalue weighted by molar-refractivity contribution is 5.90. The Kier molecular flexibility index (Phi) is 6.72. The first-order chi connectivity index (χ1) is 15.2. The van der Waals surface area contributed by atoms with Crippen molar-refractivity contribution in [1.29, 1.82) is 0 Å². The Morgan fingerprint density at radius 1 is 0.938 bits per heavy atom. The van der Waals surface area contributed by atoms with E-state index in [1.807, 2.05) is 53.2 Å². The van der Waals surface area contributed by atoms with Crippen LogP contribution in [0.2, 0.25) is 0 Å². The highest BCUT2D eigenvalue weighted by atomic mass is 35.5. The first-order valence-electron chi connectivity index (χ1n) is 11.0. The van der Waals surface area contributed by atoms with E-state index in [0.29, 0.717) is 12.5 Å². The van der Waals surface area contributed by atoms with E-state index in [9.17, 15) is 4.79 Å². The molecule has 166 valence electrons. The average molecular weight is 450 g/mol. The molecular weight excluding hydrogens is 422 g/mol. The summed E-state index contributed by atoms with van der Waals surface area (Å²) in [5, 5.41) is 9.61. The standard InChI is InChI=1S/C25H27N5O.ClH/c1-28-16-12-19(13-17-28)14-18-30-23(31)11-10-21(26-30)24-22-9-5-6-15-29(22)27-25(24)20-7-3-2-4-8-20;/h2-11,15,19H,12-14,16-18H2,1H3;1H. The van der Waals surface area contributed by atoms with Gasteiger partial charge in [0.1, 0.15) is 5.69 Å². The van der Waals surface area contributed by atoms with E-state index in [4.69, 9.17) is 10.2 Å². The first kappa shape index (κ1) is 22.2. The molecule has 0 spiro atoms. The van der Waals surface area contributed by atoms with Gasteiger partial charge in [0.05, 0.1) is 16.8 Å². The van der Waals surface area contributed by atoms with Crippen molar-refractivity contribution in [3.05, 3.63) is 77.2 Å². The molecule has 3 aromatic heterocycles. The molecule has 5 rings (SSSR count). The second-order valence-electron chi connectivity index (χ2n) is 8.44. The number of nitrogens with zero attached hydrogens (tertiary/aromatic N) is 5. The first-order valence-corrected chi connectivity index (χ1v) is 11.0. The summed E-state index contributed by atoms with van der Waals surface area (Å²) in [6.45, 7) is 2.92. The monoisotopic (exact) mass is 449 g/mol. The van der Waals surface area contributed by atoms with Gasteiger partial charge in [-0.05, 0) is 63.5 Å². The van der Waals surface area contributed by atoms with E-state index in [1.54, 1.807) is 10.7 Å².